The summed E-state index contributed by atoms with van der Waals surface area (Å²) >= 11 is 0. The summed E-state index contributed by atoms with van der Waals surface area (Å²) in [6.45, 7) is 3.99. The normalized spacial score (nSPS) is 15.4. The number of aromatic nitrogens is 2. The van der Waals surface area contributed by atoms with Crippen molar-refractivity contribution in [2.45, 2.75) is 58.0 Å². The van der Waals surface area contributed by atoms with Crippen molar-refractivity contribution < 1.29 is 4.74 Å². The van der Waals surface area contributed by atoms with Gasteiger partial charge in [-0.15, -0.1) is 0 Å². The van der Waals surface area contributed by atoms with Gasteiger partial charge in [0.1, 0.15) is 11.6 Å². The molecular weight excluding hydrogens is 362 g/mol. The third-order valence-corrected chi connectivity index (χ3v) is 5.34. The molecule has 2 aromatic carbocycles. The second kappa shape index (κ2) is 8.60. The molecule has 0 saturated heterocycles. The maximum atomic E-state index is 13.3. The van der Waals surface area contributed by atoms with E-state index >= 15 is 0 Å². The van der Waals surface area contributed by atoms with Gasteiger partial charge in [-0.25, -0.2) is 4.98 Å². The molecule has 1 heterocycles. The van der Waals surface area contributed by atoms with Crippen molar-refractivity contribution in [3.8, 4) is 5.75 Å². The van der Waals surface area contributed by atoms with Crippen molar-refractivity contribution in [3.05, 3.63) is 70.3 Å². The summed E-state index contributed by atoms with van der Waals surface area (Å²) in [5.74, 6) is 1.79. The first-order chi connectivity index (χ1) is 14.1. The van der Waals surface area contributed by atoms with Gasteiger partial charge >= 0.3 is 0 Å². The van der Waals surface area contributed by atoms with Crippen LogP contribution in [0.3, 0.4) is 0 Å². The zero-order valence-electron chi connectivity index (χ0n) is 17.0. The molecule has 0 atom stereocenters. The molecule has 0 radical (unpaired) electrons. The summed E-state index contributed by atoms with van der Waals surface area (Å²) in [6, 6.07) is 15.3. The van der Waals surface area contributed by atoms with E-state index in [9.17, 15) is 4.79 Å². The molecule has 0 N–H and O–H groups in total. The molecule has 1 saturated carbocycles. The standard InChI is InChI=1S/C24H27N3O2/c1-17(2)29-22-15-9-6-12-19(22)16-25-27-23(18-10-4-3-5-11-18)26-21-14-8-7-13-20(21)24(27)28/h6-9,12-18H,3-5,10-11H2,1-2H3. The smallest absolute Gasteiger partial charge is 0.282 e. The van der Waals surface area contributed by atoms with Crippen LogP contribution in [0.5, 0.6) is 5.75 Å². The van der Waals surface area contributed by atoms with Gasteiger partial charge in [-0.05, 0) is 51.0 Å². The Bertz CT molecular complexity index is 1080. The van der Waals surface area contributed by atoms with Crippen molar-refractivity contribution in [1.29, 1.82) is 0 Å². The highest BCUT2D eigenvalue weighted by Gasteiger charge is 2.22. The highest BCUT2D eigenvalue weighted by atomic mass is 16.5. The van der Waals surface area contributed by atoms with E-state index in [0.29, 0.717) is 5.39 Å². The molecule has 1 aliphatic rings. The molecule has 0 amide bonds. The number of nitrogens with zero attached hydrogens (tertiary/aromatic N) is 3. The Morgan fingerprint density at radius 2 is 1.79 bits per heavy atom. The molecule has 0 unspecified atom stereocenters. The van der Waals surface area contributed by atoms with Gasteiger partial charge in [-0.1, -0.05) is 43.5 Å². The molecule has 0 spiro atoms. The first-order valence-corrected chi connectivity index (χ1v) is 10.4. The Kier molecular flexibility index (Phi) is 5.74. The van der Waals surface area contributed by atoms with Crippen LogP contribution in [0.4, 0.5) is 0 Å². The minimum absolute atomic E-state index is 0.0624. The lowest BCUT2D eigenvalue weighted by atomic mass is 9.88. The fourth-order valence-corrected chi connectivity index (χ4v) is 3.95. The van der Waals surface area contributed by atoms with Crippen LogP contribution in [0.2, 0.25) is 0 Å². The van der Waals surface area contributed by atoms with Crippen molar-refractivity contribution >= 4 is 17.1 Å². The van der Waals surface area contributed by atoms with E-state index in [-0.39, 0.29) is 17.6 Å². The lowest BCUT2D eigenvalue weighted by molar-refractivity contribution is 0.242. The van der Waals surface area contributed by atoms with Crippen molar-refractivity contribution in [2.24, 2.45) is 5.10 Å². The topological polar surface area (TPSA) is 56.5 Å². The van der Waals surface area contributed by atoms with Gasteiger partial charge < -0.3 is 4.74 Å². The number of ether oxygens (including phenoxy) is 1. The molecule has 5 nitrogen and oxygen atoms in total. The Balaban J connectivity index is 1.81. The van der Waals surface area contributed by atoms with Crippen LogP contribution in [0, 0.1) is 0 Å². The van der Waals surface area contributed by atoms with Gasteiger partial charge in [0, 0.05) is 11.5 Å². The molecule has 0 bridgehead atoms. The molecule has 4 rings (SSSR count). The summed E-state index contributed by atoms with van der Waals surface area (Å²) in [6.07, 6.45) is 7.46. The molecule has 1 aromatic heterocycles. The van der Waals surface area contributed by atoms with Crippen molar-refractivity contribution in [2.75, 3.05) is 0 Å². The third kappa shape index (κ3) is 4.24. The molecular formula is C24H27N3O2. The second-order valence-corrected chi connectivity index (χ2v) is 7.89. The molecule has 1 aliphatic carbocycles. The summed E-state index contributed by atoms with van der Waals surface area (Å²) in [4.78, 5) is 18.1. The van der Waals surface area contributed by atoms with E-state index in [0.717, 1.165) is 35.5 Å². The highest BCUT2D eigenvalue weighted by Crippen LogP contribution is 2.31. The average Bonchev–Trinajstić information content (AvgIpc) is 2.74. The molecule has 5 heteroatoms. The average molecular weight is 389 g/mol. The quantitative estimate of drug-likeness (QED) is 0.570. The number of rotatable bonds is 5. The zero-order valence-corrected chi connectivity index (χ0v) is 17.0. The van der Waals surface area contributed by atoms with E-state index in [1.165, 1.54) is 23.9 Å². The lowest BCUT2D eigenvalue weighted by Crippen LogP contribution is -2.25. The summed E-state index contributed by atoms with van der Waals surface area (Å²) in [5, 5.41) is 5.20. The third-order valence-electron chi connectivity index (χ3n) is 5.34. The van der Waals surface area contributed by atoms with Crippen LogP contribution in [-0.4, -0.2) is 22.0 Å². The van der Waals surface area contributed by atoms with Gasteiger partial charge in [0.2, 0.25) is 0 Å². The van der Waals surface area contributed by atoms with E-state index < -0.39 is 0 Å². The number of hydrogen-bond donors (Lipinski definition) is 0. The Morgan fingerprint density at radius 1 is 1.07 bits per heavy atom. The molecule has 150 valence electrons. The van der Waals surface area contributed by atoms with E-state index in [4.69, 9.17) is 9.72 Å². The van der Waals surface area contributed by atoms with E-state index in [1.54, 1.807) is 6.21 Å². The van der Waals surface area contributed by atoms with Crippen molar-refractivity contribution in [3.63, 3.8) is 0 Å². The SMILES string of the molecule is CC(C)Oc1ccccc1C=Nn1c(C2CCCCC2)nc2ccccc2c1=O. The maximum absolute atomic E-state index is 13.3. The minimum atomic E-state index is -0.116. The van der Waals surface area contributed by atoms with Crippen LogP contribution in [0.1, 0.15) is 63.3 Å². The molecule has 1 fully saturated rings. The van der Waals surface area contributed by atoms with E-state index in [2.05, 4.69) is 5.10 Å². The fourth-order valence-electron chi connectivity index (χ4n) is 3.95. The largest absolute Gasteiger partial charge is 0.490 e. The van der Waals surface area contributed by atoms with Crippen LogP contribution in [0.15, 0.2) is 58.4 Å². The molecule has 29 heavy (non-hydrogen) atoms. The lowest BCUT2D eigenvalue weighted by Gasteiger charge is -2.22. The number of hydrogen-bond acceptors (Lipinski definition) is 4. The Morgan fingerprint density at radius 3 is 2.59 bits per heavy atom. The number of benzene rings is 2. The first kappa shape index (κ1) is 19.4. The van der Waals surface area contributed by atoms with Crippen LogP contribution in [-0.2, 0) is 0 Å². The monoisotopic (exact) mass is 389 g/mol. The highest BCUT2D eigenvalue weighted by molar-refractivity contribution is 5.83. The zero-order chi connectivity index (χ0) is 20.2. The van der Waals surface area contributed by atoms with Crippen molar-refractivity contribution in [1.82, 2.24) is 9.66 Å². The molecule has 0 aliphatic heterocycles. The summed E-state index contributed by atoms with van der Waals surface area (Å²) < 4.78 is 7.39. The predicted octanol–water partition coefficient (Wildman–Crippen LogP) is 5.11. The van der Waals surface area contributed by atoms with Crippen LogP contribution in [0.25, 0.3) is 10.9 Å². The van der Waals surface area contributed by atoms with Crippen LogP contribution < -0.4 is 10.3 Å². The second-order valence-electron chi connectivity index (χ2n) is 7.89. The Hall–Kier alpha value is -2.95. The van der Waals surface area contributed by atoms with Gasteiger partial charge in [0.25, 0.3) is 5.56 Å². The maximum Gasteiger partial charge on any atom is 0.282 e. The predicted molar refractivity (Wildman–Crippen MR) is 117 cm³/mol. The molecule has 3 aromatic rings. The van der Waals surface area contributed by atoms with Crippen LogP contribution >= 0.6 is 0 Å². The number of fused-ring (bicyclic) bond motifs is 1. The fraction of sp³-hybridized carbons (Fsp3) is 0.375. The summed E-state index contributed by atoms with van der Waals surface area (Å²) in [5.41, 5.74) is 1.47. The van der Waals surface area contributed by atoms with Gasteiger partial charge in [-0.2, -0.15) is 9.78 Å². The first-order valence-electron chi connectivity index (χ1n) is 10.4. The van der Waals surface area contributed by atoms with Gasteiger partial charge in [-0.3, -0.25) is 4.79 Å². The van der Waals surface area contributed by atoms with E-state index in [1.807, 2.05) is 62.4 Å². The minimum Gasteiger partial charge on any atom is -0.490 e. The van der Waals surface area contributed by atoms with Gasteiger partial charge in [0.15, 0.2) is 0 Å². The Labute approximate surface area is 171 Å². The van der Waals surface area contributed by atoms with Gasteiger partial charge in [0.05, 0.1) is 23.2 Å². The number of para-hydroxylation sites is 2. The summed E-state index contributed by atoms with van der Waals surface area (Å²) in [7, 11) is 0.